The van der Waals surface area contributed by atoms with Gasteiger partial charge in [0.05, 0.1) is 11.9 Å². The zero-order chi connectivity index (χ0) is 13.4. The SMILES string of the molecule is CCn1ncc(N2CC3CCCNC3C2)c(Cl)c1=O. The molecule has 2 unspecified atom stereocenters. The molecule has 6 heteroatoms. The van der Waals surface area contributed by atoms with Crippen molar-refractivity contribution in [3.05, 3.63) is 21.6 Å². The summed E-state index contributed by atoms with van der Waals surface area (Å²) in [4.78, 5) is 14.2. The fourth-order valence-electron chi connectivity index (χ4n) is 3.15. The fraction of sp³-hybridized carbons (Fsp3) is 0.692. The number of anilines is 1. The van der Waals surface area contributed by atoms with Crippen LogP contribution in [0.25, 0.3) is 0 Å². The first kappa shape index (κ1) is 12.9. The van der Waals surface area contributed by atoms with E-state index < -0.39 is 0 Å². The van der Waals surface area contributed by atoms with Crippen LogP contribution >= 0.6 is 11.6 Å². The summed E-state index contributed by atoms with van der Waals surface area (Å²) in [7, 11) is 0. The Morgan fingerprint density at radius 3 is 3.11 bits per heavy atom. The molecule has 2 fully saturated rings. The molecule has 2 aliphatic rings. The molecule has 0 amide bonds. The van der Waals surface area contributed by atoms with Crippen molar-refractivity contribution in [3.8, 4) is 0 Å². The molecule has 2 aliphatic heterocycles. The van der Waals surface area contributed by atoms with E-state index in [0.29, 0.717) is 23.5 Å². The van der Waals surface area contributed by atoms with Gasteiger partial charge in [0.25, 0.3) is 5.56 Å². The number of piperidine rings is 1. The highest BCUT2D eigenvalue weighted by Crippen LogP contribution is 2.31. The van der Waals surface area contributed by atoms with E-state index in [1.807, 2.05) is 6.92 Å². The molecule has 1 N–H and O–H groups in total. The van der Waals surface area contributed by atoms with Gasteiger partial charge in [-0.05, 0) is 32.2 Å². The topological polar surface area (TPSA) is 50.2 Å². The predicted octanol–water partition coefficient (Wildman–Crippen LogP) is 1.10. The van der Waals surface area contributed by atoms with E-state index in [0.717, 1.165) is 25.3 Å². The van der Waals surface area contributed by atoms with Crippen molar-refractivity contribution in [1.82, 2.24) is 15.1 Å². The molecule has 19 heavy (non-hydrogen) atoms. The number of halogens is 1. The number of fused-ring (bicyclic) bond motifs is 1. The number of hydrogen-bond donors (Lipinski definition) is 1. The van der Waals surface area contributed by atoms with E-state index in [1.165, 1.54) is 17.5 Å². The summed E-state index contributed by atoms with van der Waals surface area (Å²) in [5, 5.41) is 8.03. The average molecular weight is 283 g/mol. The van der Waals surface area contributed by atoms with Gasteiger partial charge in [0.1, 0.15) is 5.02 Å². The van der Waals surface area contributed by atoms with Crippen molar-refractivity contribution in [2.24, 2.45) is 5.92 Å². The van der Waals surface area contributed by atoms with Crippen LogP contribution in [-0.4, -0.2) is 35.5 Å². The second kappa shape index (κ2) is 5.13. The van der Waals surface area contributed by atoms with Gasteiger partial charge in [0.15, 0.2) is 0 Å². The lowest BCUT2D eigenvalue weighted by Crippen LogP contribution is -2.40. The first-order valence-electron chi connectivity index (χ1n) is 6.94. The lowest BCUT2D eigenvalue weighted by molar-refractivity contribution is 0.340. The summed E-state index contributed by atoms with van der Waals surface area (Å²) < 4.78 is 1.40. The average Bonchev–Trinajstić information content (AvgIpc) is 2.85. The van der Waals surface area contributed by atoms with Crippen molar-refractivity contribution in [2.75, 3.05) is 24.5 Å². The minimum Gasteiger partial charge on any atom is -0.367 e. The third-order valence-corrected chi connectivity index (χ3v) is 4.56. The summed E-state index contributed by atoms with van der Waals surface area (Å²) >= 11 is 6.22. The normalized spacial score (nSPS) is 26.5. The van der Waals surface area contributed by atoms with Crippen molar-refractivity contribution >= 4 is 17.3 Å². The van der Waals surface area contributed by atoms with Gasteiger partial charge < -0.3 is 10.2 Å². The zero-order valence-electron chi connectivity index (χ0n) is 11.1. The maximum absolute atomic E-state index is 12.0. The van der Waals surface area contributed by atoms with Gasteiger partial charge in [-0.25, -0.2) is 4.68 Å². The minimum atomic E-state index is -0.190. The van der Waals surface area contributed by atoms with Crippen molar-refractivity contribution in [3.63, 3.8) is 0 Å². The van der Waals surface area contributed by atoms with Crippen LogP contribution < -0.4 is 15.8 Å². The first-order chi connectivity index (χ1) is 9.20. The van der Waals surface area contributed by atoms with Gasteiger partial charge in [0, 0.05) is 25.7 Å². The number of nitrogens with one attached hydrogen (secondary N) is 1. The third-order valence-electron chi connectivity index (χ3n) is 4.21. The van der Waals surface area contributed by atoms with Gasteiger partial charge in [0.2, 0.25) is 0 Å². The Bertz CT molecular complexity index is 516. The lowest BCUT2D eigenvalue weighted by atomic mass is 9.94. The van der Waals surface area contributed by atoms with Gasteiger partial charge in [-0.2, -0.15) is 5.10 Å². The Morgan fingerprint density at radius 1 is 1.53 bits per heavy atom. The number of aryl methyl sites for hydroxylation is 1. The second-order valence-corrected chi connectivity index (χ2v) is 5.71. The molecular weight excluding hydrogens is 264 g/mol. The molecular formula is C13H19ClN4O. The van der Waals surface area contributed by atoms with Gasteiger partial charge in [-0.1, -0.05) is 11.6 Å². The van der Waals surface area contributed by atoms with E-state index in [-0.39, 0.29) is 5.56 Å². The standard InChI is InChI=1S/C13H19ClN4O/c1-2-18-13(19)12(14)11(6-16-18)17-7-9-4-3-5-15-10(9)8-17/h6,9-10,15H,2-5,7-8H2,1H3. The molecule has 2 saturated heterocycles. The Morgan fingerprint density at radius 2 is 2.37 bits per heavy atom. The monoisotopic (exact) mass is 282 g/mol. The molecule has 0 radical (unpaired) electrons. The molecule has 0 spiro atoms. The summed E-state index contributed by atoms with van der Waals surface area (Å²) in [5.74, 6) is 0.665. The van der Waals surface area contributed by atoms with Crippen LogP contribution in [0.2, 0.25) is 5.02 Å². The Hall–Kier alpha value is -1.07. The van der Waals surface area contributed by atoms with Crippen molar-refractivity contribution in [1.29, 1.82) is 0 Å². The largest absolute Gasteiger partial charge is 0.367 e. The minimum absolute atomic E-state index is 0.190. The van der Waals surface area contributed by atoms with Crippen LogP contribution in [0.15, 0.2) is 11.0 Å². The Balaban J connectivity index is 1.87. The summed E-state index contributed by atoms with van der Waals surface area (Å²) in [6.45, 7) is 5.42. The third kappa shape index (κ3) is 2.25. The van der Waals surface area contributed by atoms with Gasteiger partial charge in [-0.3, -0.25) is 4.79 Å². The molecule has 104 valence electrons. The van der Waals surface area contributed by atoms with Crippen LogP contribution in [0.5, 0.6) is 0 Å². The van der Waals surface area contributed by atoms with E-state index in [4.69, 9.17) is 11.6 Å². The Kier molecular flexibility index (Phi) is 3.50. The highest BCUT2D eigenvalue weighted by atomic mass is 35.5. The predicted molar refractivity (Wildman–Crippen MR) is 75.9 cm³/mol. The molecule has 1 aromatic rings. The Labute approximate surface area is 117 Å². The molecule has 5 nitrogen and oxygen atoms in total. The number of aromatic nitrogens is 2. The number of rotatable bonds is 2. The molecule has 0 bridgehead atoms. The van der Waals surface area contributed by atoms with Crippen molar-refractivity contribution in [2.45, 2.75) is 32.4 Å². The highest BCUT2D eigenvalue weighted by molar-refractivity contribution is 6.33. The smallest absolute Gasteiger partial charge is 0.287 e. The fourth-order valence-corrected chi connectivity index (χ4v) is 3.41. The van der Waals surface area contributed by atoms with Crippen molar-refractivity contribution < 1.29 is 0 Å². The summed E-state index contributed by atoms with van der Waals surface area (Å²) in [5.41, 5.74) is 0.595. The summed E-state index contributed by atoms with van der Waals surface area (Å²) in [6.07, 6.45) is 4.22. The lowest BCUT2D eigenvalue weighted by Gasteiger charge is -2.24. The first-order valence-corrected chi connectivity index (χ1v) is 7.32. The second-order valence-electron chi connectivity index (χ2n) is 5.33. The molecule has 3 rings (SSSR count). The zero-order valence-corrected chi connectivity index (χ0v) is 11.9. The van der Waals surface area contributed by atoms with Crippen LogP contribution in [0.3, 0.4) is 0 Å². The molecule has 3 heterocycles. The maximum atomic E-state index is 12.0. The van der Waals surface area contributed by atoms with E-state index in [9.17, 15) is 4.79 Å². The van der Waals surface area contributed by atoms with Crippen LogP contribution in [0.4, 0.5) is 5.69 Å². The van der Waals surface area contributed by atoms with E-state index >= 15 is 0 Å². The maximum Gasteiger partial charge on any atom is 0.287 e. The number of hydrogen-bond acceptors (Lipinski definition) is 4. The number of nitrogens with zero attached hydrogens (tertiary/aromatic N) is 3. The van der Waals surface area contributed by atoms with Crippen LogP contribution in [-0.2, 0) is 6.54 Å². The van der Waals surface area contributed by atoms with Crippen LogP contribution in [0, 0.1) is 5.92 Å². The highest BCUT2D eigenvalue weighted by Gasteiger charge is 2.35. The molecule has 1 aromatic heterocycles. The van der Waals surface area contributed by atoms with E-state index in [1.54, 1.807) is 6.20 Å². The molecule has 0 aromatic carbocycles. The molecule has 0 saturated carbocycles. The quantitative estimate of drug-likeness (QED) is 0.883. The van der Waals surface area contributed by atoms with Gasteiger partial charge in [-0.15, -0.1) is 0 Å². The molecule has 2 atom stereocenters. The van der Waals surface area contributed by atoms with Gasteiger partial charge >= 0.3 is 0 Å². The van der Waals surface area contributed by atoms with E-state index in [2.05, 4.69) is 15.3 Å². The molecule has 0 aliphatic carbocycles. The summed E-state index contributed by atoms with van der Waals surface area (Å²) in [6, 6.07) is 0.526. The van der Waals surface area contributed by atoms with Crippen LogP contribution in [0.1, 0.15) is 19.8 Å².